The van der Waals surface area contributed by atoms with Crippen molar-refractivity contribution in [2.75, 3.05) is 5.32 Å². The number of anilines is 1. The summed E-state index contributed by atoms with van der Waals surface area (Å²) in [6, 6.07) is 14.7. The number of furan rings is 1. The summed E-state index contributed by atoms with van der Waals surface area (Å²) in [5.41, 5.74) is 1.89. The molecule has 1 amide bonds. The predicted molar refractivity (Wildman–Crippen MR) is 113 cm³/mol. The number of para-hydroxylation sites is 1. The van der Waals surface area contributed by atoms with E-state index in [2.05, 4.69) is 26.6 Å². The summed E-state index contributed by atoms with van der Waals surface area (Å²) >= 11 is 8.56. The largest absolute Gasteiger partial charge is 0.451 e. The topological polar surface area (TPSA) is 97.4 Å². The average Bonchev–Trinajstić information content (AvgIpc) is 3.14. The highest BCUT2D eigenvalue weighted by Crippen LogP contribution is 2.30. The number of aryl methyl sites for hydroxylation is 1. The minimum Gasteiger partial charge on any atom is -0.451 e. The summed E-state index contributed by atoms with van der Waals surface area (Å²) in [5, 5.41) is 16.7. The molecule has 0 saturated carbocycles. The van der Waals surface area contributed by atoms with Crippen LogP contribution in [0.15, 0.2) is 63.5 Å². The second-order valence-corrected chi connectivity index (χ2v) is 7.13. The quantitative estimate of drug-likeness (QED) is 0.321. The Morgan fingerprint density at radius 2 is 1.93 bits per heavy atom. The maximum Gasteiger partial charge on any atom is 0.293 e. The number of hydrogen-bond acceptors (Lipinski definition) is 5. The van der Waals surface area contributed by atoms with E-state index in [1.54, 1.807) is 18.2 Å². The molecule has 0 aliphatic carbocycles. The lowest BCUT2D eigenvalue weighted by atomic mass is 10.1. The van der Waals surface area contributed by atoms with Gasteiger partial charge in [0.1, 0.15) is 5.76 Å². The second-order valence-electron chi connectivity index (χ2n) is 5.81. The molecule has 2 N–H and O–H groups in total. The third-order valence-electron chi connectivity index (χ3n) is 3.86. The molecule has 0 saturated heterocycles. The van der Waals surface area contributed by atoms with E-state index in [0.29, 0.717) is 0 Å². The van der Waals surface area contributed by atoms with Crippen molar-refractivity contribution in [1.82, 2.24) is 5.32 Å². The lowest BCUT2D eigenvalue weighted by Gasteiger charge is -2.11. The van der Waals surface area contributed by atoms with Gasteiger partial charge in [-0.05, 0) is 61.1 Å². The van der Waals surface area contributed by atoms with Gasteiger partial charge in [0.25, 0.3) is 11.6 Å². The molecule has 3 rings (SSSR count). The van der Waals surface area contributed by atoms with Crippen LogP contribution in [0.5, 0.6) is 0 Å². The van der Waals surface area contributed by atoms with Crippen molar-refractivity contribution < 1.29 is 14.1 Å². The third-order valence-corrected chi connectivity index (χ3v) is 4.56. The number of halogens is 1. The van der Waals surface area contributed by atoms with Crippen molar-refractivity contribution in [2.45, 2.75) is 6.92 Å². The van der Waals surface area contributed by atoms with Gasteiger partial charge in [-0.1, -0.05) is 28.1 Å². The van der Waals surface area contributed by atoms with Gasteiger partial charge in [-0.25, -0.2) is 0 Å². The molecule has 0 aliphatic rings. The summed E-state index contributed by atoms with van der Waals surface area (Å²) in [7, 11) is 0. The molecule has 3 aromatic rings. The van der Waals surface area contributed by atoms with E-state index in [1.165, 1.54) is 18.2 Å². The fourth-order valence-electron chi connectivity index (χ4n) is 2.53. The minimum atomic E-state index is -0.558. The molecule has 1 aromatic heterocycles. The predicted octanol–water partition coefficient (Wildman–Crippen LogP) is 5.05. The van der Waals surface area contributed by atoms with Gasteiger partial charge in [0.15, 0.2) is 10.9 Å². The summed E-state index contributed by atoms with van der Waals surface area (Å²) in [6.07, 6.45) is 0. The highest BCUT2D eigenvalue weighted by Gasteiger charge is 2.19. The molecule has 9 heteroatoms. The first-order valence-corrected chi connectivity index (χ1v) is 9.27. The Balaban J connectivity index is 1.72. The van der Waals surface area contributed by atoms with Crippen molar-refractivity contribution >= 4 is 50.5 Å². The molecular weight excluding hydrogens is 446 g/mol. The number of nitrogens with zero attached hydrogens (tertiary/aromatic N) is 1. The van der Waals surface area contributed by atoms with Crippen LogP contribution in [0.2, 0.25) is 0 Å². The first kappa shape index (κ1) is 19.7. The van der Waals surface area contributed by atoms with Gasteiger partial charge in [-0.3, -0.25) is 20.2 Å². The van der Waals surface area contributed by atoms with Gasteiger partial charge >= 0.3 is 0 Å². The van der Waals surface area contributed by atoms with Crippen molar-refractivity contribution in [2.24, 2.45) is 0 Å². The van der Waals surface area contributed by atoms with Gasteiger partial charge in [-0.15, -0.1) is 0 Å². The lowest BCUT2D eigenvalue weighted by molar-refractivity contribution is -0.384. The van der Waals surface area contributed by atoms with E-state index >= 15 is 0 Å². The standard InChI is InChI=1S/C19H14BrN3O4S/c1-11-10-12(20)6-7-14(11)21-19(28)22-18(24)17-9-8-16(27-17)13-4-2-3-5-15(13)23(25)26/h2-10H,1H3,(H2,21,22,24,28). The van der Waals surface area contributed by atoms with E-state index in [1.807, 2.05) is 25.1 Å². The Morgan fingerprint density at radius 3 is 2.64 bits per heavy atom. The maximum atomic E-state index is 12.4. The minimum absolute atomic E-state index is 0.00942. The Morgan fingerprint density at radius 1 is 1.18 bits per heavy atom. The van der Waals surface area contributed by atoms with Crippen LogP contribution in [0.25, 0.3) is 11.3 Å². The fourth-order valence-corrected chi connectivity index (χ4v) is 3.21. The number of carbonyl (C=O) groups excluding carboxylic acids is 1. The van der Waals surface area contributed by atoms with E-state index in [9.17, 15) is 14.9 Å². The Bertz CT molecular complexity index is 1080. The average molecular weight is 460 g/mol. The van der Waals surface area contributed by atoms with Gasteiger partial charge in [0, 0.05) is 16.2 Å². The van der Waals surface area contributed by atoms with Crippen LogP contribution in [0, 0.1) is 17.0 Å². The van der Waals surface area contributed by atoms with Gasteiger partial charge in [-0.2, -0.15) is 0 Å². The monoisotopic (exact) mass is 459 g/mol. The zero-order chi connectivity index (χ0) is 20.3. The van der Waals surface area contributed by atoms with E-state index in [-0.39, 0.29) is 27.9 Å². The molecule has 0 bridgehead atoms. The molecule has 0 aliphatic heterocycles. The van der Waals surface area contributed by atoms with Crippen LogP contribution < -0.4 is 10.6 Å². The van der Waals surface area contributed by atoms with Crippen LogP contribution >= 0.6 is 28.1 Å². The summed E-state index contributed by atoms with van der Waals surface area (Å²) in [5.74, 6) is -0.345. The molecule has 7 nitrogen and oxygen atoms in total. The molecule has 0 unspecified atom stereocenters. The van der Waals surface area contributed by atoms with Gasteiger partial charge < -0.3 is 9.73 Å². The first-order chi connectivity index (χ1) is 13.3. The van der Waals surface area contributed by atoms with Crippen LogP contribution in [-0.4, -0.2) is 15.9 Å². The Labute approximate surface area is 174 Å². The van der Waals surface area contributed by atoms with Crippen LogP contribution in [0.1, 0.15) is 16.1 Å². The second kappa shape index (κ2) is 8.32. The highest BCUT2D eigenvalue weighted by molar-refractivity contribution is 9.10. The molecular formula is C19H14BrN3O4S. The number of nitro benzene ring substituents is 1. The Kier molecular flexibility index (Phi) is 5.86. The summed E-state index contributed by atoms with van der Waals surface area (Å²) in [6.45, 7) is 1.91. The van der Waals surface area contributed by atoms with Crippen molar-refractivity contribution in [3.05, 3.63) is 80.5 Å². The first-order valence-electron chi connectivity index (χ1n) is 8.07. The molecule has 0 spiro atoms. The number of thiocarbonyl (C=S) groups is 1. The number of hydrogen-bond donors (Lipinski definition) is 2. The molecule has 0 atom stereocenters. The molecule has 2 aromatic carbocycles. The number of rotatable bonds is 4. The molecule has 1 heterocycles. The SMILES string of the molecule is Cc1cc(Br)ccc1NC(=S)NC(=O)c1ccc(-c2ccccc2[N+](=O)[O-])o1. The fraction of sp³-hybridized carbons (Fsp3) is 0.0526. The van der Waals surface area contributed by atoms with Gasteiger partial charge in [0.2, 0.25) is 0 Å². The zero-order valence-corrected chi connectivity index (χ0v) is 17.0. The molecule has 0 fully saturated rings. The van der Waals surface area contributed by atoms with Gasteiger partial charge in [0.05, 0.1) is 10.5 Å². The molecule has 0 radical (unpaired) electrons. The number of amides is 1. The van der Waals surface area contributed by atoms with Crippen molar-refractivity contribution in [1.29, 1.82) is 0 Å². The summed E-state index contributed by atoms with van der Waals surface area (Å²) in [4.78, 5) is 23.0. The maximum absolute atomic E-state index is 12.4. The van der Waals surface area contributed by atoms with E-state index in [0.717, 1.165) is 15.7 Å². The highest BCUT2D eigenvalue weighted by atomic mass is 79.9. The smallest absolute Gasteiger partial charge is 0.293 e. The number of benzene rings is 2. The number of nitrogens with one attached hydrogen (secondary N) is 2. The molecule has 28 heavy (non-hydrogen) atoms. The van der Waals surface area contributed by atoms with Crippen molar-refractivity contribution in [3.63, 3.8) is 0 Å². The molecule has 142 valence electrons. The van der Waals surface area contributed by atoms with E-state index in [4.69, 9.17) is 16.6 Å². The number of nitro groups is 1. The zero-order valence-electron chi connectivity index (χ0n) is 14.6. The number of carbonyl (C=O) groups is 1. The van der Waals surface area contributed by atoms with Crippen LogP contribution in [0.3, 0.4) is 0 Å². The Hall–Kier alpha value is -3.04. The normalized spacial score (nSPS) is 10.4. The third kappa shape index (κ3) is 4.44. The summed E-state index contributed by atoms with van der Waals surface area (Å²) < 4.78 is 6.44. The lowest BCUT2D eigenvalue weighted by Crippen LogP contribution is -2.34. The van der Waals surface area contributed by atoms with E-state index < -0.39 is 10.8 Å². The van der Waals surface area contributed by atoms with Crippen molar-refractivity contribution in [3.8, 4) is 11.3 Å². The van der Waals surface area contributed by atoms with Crippen LogP contribution in [0.4, 0.5) is 11.4 Å². The van der Waals surface area contributed by atoms with Crippen LogP contribution in [-0.2, 0) is 0 Å².